The Morgan fingerprint density at radius 2 is 2.39 bits per heavy atom. The number of aromatic nitrogens is 1. The summed E-state index contributed by atoms with van der Waals surface area (Å²) in [5.74, 6) is 0.817. The summed E-state index contributed by atoms with van der Waals surface area (Å²) >= 11 is 0. The van der Waals surface area contributed by atoms with Gasteiger partial charge in [-0.25, -0.2) is 0 Å². The van der Waals surface area contributed by atoms with Crippen LogP contribution >= 0.6 is 0 Å². The molecule has 0 aromatic carbocycles. The van der Waals surface area contributed by atoms with Crippen LogP contribution < -0.4 is 10.1 Å². The molecule has 0 radical (unpaired) electrons. The summed E-state index contributed by atoms with van der Waals surface area (Å²) < 4.78 is 11.4. The van der Waals surface area contributed by atoms with E-state index in [9.17, 15) is 0 Å². The minimum atomic E-state index is -0.152. The second kappa shape index (κ2) is 5.67. The highest BCUT2D eigenvalue weighted by atomic mass is 16.5. The Hall–Kier alpha value is -1.13. The van der Waals surface area contributed by atoms with E-state index >= 15 is 0 Å². The van der Waals surface area contributed by atoms with Crippen LogP contribution in [0.2, 0.25) is 0 Å². The Morgan fingerprint density at radius 1 is 1.56 bits per heavy atom. The van der Waals surface area contributed by atoms with E-state index in [2.05, 4.69) is 17.2 Å². The number of rotatable bonds is 5. The molecule has 18 heavy (non-hydrogen) atoms. The predicted octanol–water partition coefficient (Wildman–Crippen LogP) is 2.31. The van der Waals surface area contributed by atoms with Crippen molar-refractivity contribution in [1.29, 1.82) is 0 Å². The molecule has 2 atom stereocenters. The Balaban J connectivity index is 2.24. The van der Waals surface area contributed by atoms with E-state index in [4.69, 9.17) is 9.47 Å². The fourth-order valence-electron chi connectivity index (χ4n) is 2.69. The van der Waals surface area contributed by atoms with E-state index in [1.807, 2.05) is 26.2 Å². The van der Waals surface area contributed by atoms with Crippen LogP contribution in [0.4, 0.5) is 0 Å². The molecule has 4 nitrogen and oxygen atoms in total. The van der Waals surface area contributed by atoms with Crippen molar-refractivity contribution in [3.05, 3.63) is 24.0 Å². The number of nitrogens with zero attached hydrogens (tertiary/aromatic N) is 1. The summed E-state index contributed by atoms with van der Waals surface area (Å²) in [4.78, 5) is 4.25. The van der Waals surface area contributed by atoms with E-state index < -0.39 is 0 Å². The van der Waals surface area contributed by atoms with Crippen LogP contribution in [-0.4, -0.2) is 30.8 Å². The van der Waals surface area contributed by atoms with E-state index in [1.54, 1.807) is 6.20 Å². The van der Waals surface area contributed by atoms with Crippen LogP contribution in [-0.2, 0) is 4.74 Å². The second-order valence-corrected chi connectivity index (χ2v) is 4.87. The molecule has 1 N–H and O–H groups in total. The predicted molar refractivity (Wildman–Crippen MR) is 70.8 cm³/mol. The molecule has 1 aromatic rings. The third kappa shape index (κ3) is 2.65. The van der Waals surface area contributed by atoms with Gasteiger partial charge in [-0.3, -0.25) is 4.98 Å². The first-order chi connectivity index (χ1) is 8.69. The van der Waals surface area contributed by atoms with Crippen molar-refractivity contribution in [2.75, 3.05) is 20.3 Å². The normalized spacial score (nSPS) is 25.1. The first-order valence-electron chi connectivity index (χ1n) is 6.58. The van der Waals surface area contributed by atoms with Crippen molar-refractivity contribution >= 4 is 0 Å². The minimum Gasteiger partial charge on any atom is -0.492 e. The third-order valence-corrected chi connectivity index (χ3v) is 3.53. The van der Waals surface area contributed by atoms with Gasteiger partial charge in [-0.05, 0) is 45.4 Å². The number of likely N-dealkylation sites (N-methyl/N-ethyl adjacent to an activating group) is 1. The van der Waals surface area contributed by atoms with Gasteiger partial charge in [0.25, 0.3) is 0 Å². The summed E-state index contributed by atoms with van der Waals surface area (Å²) in [7, 11) is 1.96. The zero-order chi connectivity index (χ0) is 13.0. The highest BCUT2D eigenvalue weighted by Crippen LogP contribution is 2.37. The van der Waals surface area contributed by atoms with Gasteiger partial charge in [-0.2, -0.15) is 0 Å². The van der Waals surface area contributed by atoms with Gasteiger partial charge in [0.05, 0.1) is 24.4 Å². The van der Waals surface area contributed by atoms with Crippen LogP contribution in [0.25, 0.3) is 0 Å². The van der Waals surface area contributed by atoms with E-state index in [1.165, 1.54) is 0 Å². The van der Waals surface area contributed by atoms with Gasteiger partial charge in [-0.15, -0.1) is 0 Å². The van der Waals surface area contributed by atoms with Crippen LogP contribution in [0.5, 0.6) is 5.75 Å². The van der Waals surface area contributed by atoms with Gasteiger partial charge >= 0.3 is 0 Å². The van der Waals surface area contributed by atoms with Crippen LogP contribution in [0, 0.1) is 0 Å². The topological polar surface area (TPSA) is 43.4 Å². The number of nitrogens with one attached hydrogen (secondary N) is 1. The summed E-state index contributed by atoms with van der Waals surface area (Å²) in [6.45, 7) is 5.63. The molecule has 0 spiro atoms. The first kappa shape index (κ1) is 13.3. The summed E-state index contributed by atoms with van der Waals surface area (Å²) in [6.07, 6.45) is 5.82. The highest BCUT2D eigenvalue weighted by molar-refractivity contribution is 5.28. The molecule has 4 heteroatoms. The molecule has 0 bridgehead atoms. The maximum Gasteiger partial charge on any atom is 0.137 e. The average Bonchev–Trinajstić information content (AvgIpc) is 2.79. The molecular formula is C14H22N2O2. The van der Waals surface area contributed by atoms with E-state index in [0.717, 1.165) is 30.8 Å². The summed E-state index contributed by atoms with van der Waals surface area (Å²) in [6, 6.07) is 2.19. The van der Waals surface area contributed by atoms with E-state index in [-0.39, 0.29) is 11.6 Å². The quantitative estimate of drug-likeness (QED) is 0.871. The molecular weight excluding hydrogens is 228 g/mol. The van der Waals surface area contributed by atoms with Gasteiger partial charge in [0.2, 0.25) is 0 Å². The Labute approximate surface area is 109 Å². The first-order valence-corrected chi connectivity index (χ1v) is 6.58. The van der Waals surface area contributed by atoms with Crippen molar-refractivity contribution in [3.8, 4) is 5.75 Å². The Kier molecular flexibility index (Phi) is 4.19. The monoisotopic (exact) mass is 250 g/mol. The lowest BCUT2D eigenvalue weighted by atomic mass is 9.88. The average molecular weight is 250 g/mol. The van der Waals surface area contributed by atoms with Crippen molar-refractivity contribution in [2.45, 2.75) is 38.3 Å². The molecule has 2 heterocycles. The maximum atomic E-state index is 5.92. The van der Waals surface area contributed by atoms with Gasteiger partial charge in [0.1, 0.15) is 5.75 Å². The largest absolute Gasteiger partial charge is 0.492 e. The number of hydrogen-bond acceptors (Lipinski definition) is 4. The summed E-state index contributed by atoms with van der Waals surface area (Å²) in [5, 5.41) is 3.35. The van der Waals surface area contributed by atoms with Gasteiger partial charge in [-0.1, -0.05) is 0 Å². The molecule has 0 amide bonds. The number of pyridine rings is 1. The molecule has 2 unspecified atom stereocenters. The zero-order valence-corrected chi connectivity index (χ0v) is 11.4. The SMILES string of the molecule is CCOc1cncc(C(NC)C2(C)CCCO2)c1. The van der Waals surface area contributed by atoms with E-state index in [0.29, 0.717) is 6.61 Å². The number of ether oxygens (including phenoxy) is 2. The second-order valence-electron chi connectivity index (χ2n) is 4.87. The lowest BCUT2D eigenvalue weighted by molar-refractivity contribution is -0.0106. The van der Waals surface area contributed by atoms with Gasteiger partial charge in [0, 0.05) is 12.8 Å². The molecule has 0 aliphatic carbocycles. The van der Waals surface area contributed by atoms with Crippen LogP contribution in [0.1, 0.15) is 38.3 Å². The zero-order valence-electron chi connectivity index (χ0n) is 11.4. The van der Waals surface area contributed by atoms with Crippen LogP contribution in [0.15, 0.2) is 18.5 Å². The smallest absolute Gasteiger partial charge is 0.137 e. The van der Waals surface area contributed by atoms with Crippen LogP contribution in [0.3, 0.4) is 0 Å². The fourth-order valence-corrected chi connectivity index (χ4v) is 2.69. The standard InChI is InChI=1S/C14H22N2O2/c1-4-17-12-8-11(9-16-10-12)13(15-3)14(2)6-5-7-18-14/h8-10,13,15H,4-7H2,1-3H3. The molecule has 0 saturated carbocycles. The molecule has 1 aliphatic rings. The Morgan fingerprint density at radius 3 is 3.00 bits per heavy atom. The molecule has 1 aliphatic heterocycles. The molecule has 1 fully saturated rings. The lowest BCUT2D eigenvalue weighted by Crippen LogP contribution is -2.39. The van der Waals surface area contributed by atoms with Gasteiger partial charge in [0.15, 0.2) is 0 Å². The number of hydrogen-bond donors (Lipinski definition) is 1. The minimum absolute atomic E-state index is 0.146. The molecule has 1 saturated heterocycles. The lowest BCUT2D eigenvalue weighted by Gasteiger charge is -2.33. The van der Waals surface area contributed by atoms with Crippen molar-refractivity contribution in [2.24, 2.45) is 0 Å². The van der Waals surface area contributed by atoms with Crippen molar-refractivity contribution < 1.29 is 9.47 Å². The third-order valence-electron chi connectivity index (χ3n) is 3.53. The molecule has 2 rings (SSSR count). The molecule has 1 aromatic heterocycles. The highest BCUT2D eigenvalue weighted by Gasteiger charge is 2.38. The molecule has 100 valence electrons. The van der Waals surface area contributed by atoms with Crippen molar-refractivity contribution in [1.82, 2.24) is 10.3 Å². The maximum absolute atomic E-state index is 5.92. The van der Waals surface area contributed by atoms with Crippen molar-refractivity contribution in [3.63, 3.8) is 0 Å². The summed E-state index contributed by atoms with van der Waals surface area (Å²) in [5.41, 5.74) is 0.967. The Bertz CT molecular complexity index is 389. The van der Waals surface area contributed by atoms with Gasteiger partial charge < -0.3 is 14.8 Å². The fraction of sp³-hybridized carbons (Fsp3) is 0.643.